The third-order valence-corrected chi connectivity index (χ3v) is 6.44. The first kappa shape index (κ1) is 25.6. The lowest BCUT2D eigenvalue weighted by molar-refractivity contribution is -0.139. The van der Waals surface area contributed by atoms with Crippen molar-refractivity contribution in [2.45, 2.75) is 37.9 Å². The van der Waals surface area contributed by atoms with Gasteiger partial charge in [0.1, 0.15) is 0 Å². The predicted molar refractivity (Wildman–Crippen MR) is 139 cm³/mol. The van der Waals surface area contributed by atoms with Gasteiger partial charge in [-0.1, -0.05) is 66.7 Å². The molecule has 1 atom stereocenters. The van der Waals surface area contributed by atoms with E-state index in [0.717, 1.165) is 16.3 Å². The Bertz CT molecular complexity index is 1370. The van der Waals surface area contributed by atoms with Crippen molar-refractivity contribution < 1.29 is 23.9 Å². The number of benzene rings is 3. The molecule has 1 aliphatic carbocycles. The molecule has 3 aromatic carbocycles. The maximum absolute atomic E-state index is 13.2. The fraction of sp³-hybridized carbons (Fsp3) is 0.241. The Labute approximate surface area is 215 Å². The Morgan fingerprint density at radius 3 is 2.41 bits per heavy atom. The number of hydrogen-bond acceptors (Lipinski definition) is 5. The number of hydrogen-bond donors (Lipinski definition) is 3. The van der Waals surface area contributed by atoms with Crippen LogP contribution < -0.4 is 16.0 Å². The Balaban J connectivity index is 1.38. The average Bonchev–Trinajstić information content (AvgIpc) is 3.69. The van der Waals surface area contributed by atoms with E-state index in [1.54, 1.807) is 30.3 Å². The lowest BCUT2D eigenvalue weighted by atomic mass is 9.99. The van der Waals surface area contributed by atoms with Crippen molar-refractivity contribution in [1.29, 1.82) is 0 Å². The van der Waals surface area contributed by atoms with Gasteiger partial charge in [-0.2, -0.15) is 0 Å². The van der Waals surface area contributed by atoms with Crippen LogP contribution in [0.5, 0.6) is 0 Å². The van der Waals surface area contributed by atoms with Gasteiger partial charge in [0.2, 0.25) is 0 Å². The molecule has 0 heterocycles. The molecule has 3 aromatic rings. The van der Waals surface area contributed by atoms with E-state index in [1.807, 2.05) is 49.4 Å². The second-order valence-corrected chi connectivity index (χ2v) is 9.07. The monoisotopic (exact) mass is 499 g/mol. The molecule has 4 rings (SSSR count). The van der Waals surface area contributed by atoms with Crippen LogP contribution in [0, 0.1) is 0 Å². The molecule has 8 heteroatoms. The van der Waals surface area contributed by atoms with Crippen LogP contribution >= 0.6 is 0 Å². The van der Waals surface area contributed by atoms with Gasteiger partial charge in [-0.15, -0.1) is 0 Å². The summed E-state index contributed by atoms with van der Waals surface area (Å²) < 4.78 is 4.56. The number of esters is 1. The Morgan fingerprint density at radius 1 is 0.946 bits per heavy atom. The highest BCUT2D eigenvalue weighted by molar-refractivity contribution is 6.35. The summed E-state index contributed by atoms with van der Waals surface area (Å²) in [5.74, 6) is -2.44. The summed E-state index contributed by atoms with van der Waals surface area (Å²) in [7, 11) is 1.26. The van der Waals surface area contributed by atoms with Crippen molar-refractivity contribution >= 4 is 34.5 Å². The van der Waals surface area contributed by atoms with Gasteiger partial charge in [0, 0.05) is 18.2 Å². The third kappa shape index (κ3) is 6.22. The van der Waals surface area contributed by atoms with Crippen LogP contribution in [0.1, 0.15) is 47.3 Å². The maximum Gasteiger partial charge on any atom is 0.330 e. The smallest absolute Gasteiger partial charge is 0.330 e. The van der Waals surface area contributed by atoms with Crippen molar-refractivity contribution in [3.05, 3.63) is 95.6 Å². The summed E-state index contributed by atoms with van der Waals surface area (Å²) in [5.41, 5.74) is 1.29. The molecular formula is C29H29N3O5. The molecule has 0 spiro atoms. The molecule has 3 amide bonds. The summed E-state index contributed by atoms with van der Waals surface area (Å²) in [5, 5.41) is 10.4. The van der Waals surface area contributed by atoms with Gasteiger partial charge in [-0.05, 0) is 47.7 Å². The SMILES string of the molecule is COC(=O)/C=C/C1(NC(=O)C(=O)NCc2ccccc2C(=O)N[C@H](C)c2cccc3ccccc23)CC1. The Hall–Kier alpha value is -4.46. The van der Waals surface area contributed by atoms with Gasteiger partial charge in [-0.3, -0.25) is 14.4 Å². The molecule has 190 valence electrons. The molecule has 1 fully saturated rings. The normalized spacial score (nSPS) is 14.5. The summed E-state index contributed by atoms with van der Waals surface area (Å²) >= 11 is 0. The molecule has 8 nitrogen and oxygen atoms in total. The molecule has 0 aliphatic heterocycles. The van der Waals surface area contributed by atoms with Crippen LogP contribution in [0.3, 0.4) is 0 Å². The summed E-state index contributed by atoms with van der Waals surface area (Å²) in [6.07, 6.45) is 4.02. The van der Waals surface area contributed by atoms with Gasteiger partial charge < -0.3 is 20.7 Å². The molecule has 1 saturated carbocycles. The number of nitrogens with one attached hydrogen (secondary N) is 3. The van der Waals surface area contributed by atoms with Crippen LogP contribution in [0.25, 0.3) is 10.8 Å². The minimum Gasteiger partial charge on any atom is -0.466 e. The average molecular weight is 500 g/mol. The van der Waals surface area contributed by atoms with Crippen LogP contribution in [0.4, 0.5) is 0 Å². The molecule has 3 N–H and O–H groups in total. The summed E-state index contributed by atoms with van der Waals surface area (Å²) in [6.45, 7) is 1.93. The minimum atomic E-state index is -0.822. The van der Waals surface area contributed by atoms with Gasteiger partial charge >= 0.3 is 17.8 Å². The predicted octanol–water partition coefficient (Wildman–Crippen LogP) is 3.33. The number of amides is 3. The van der Waals surface area contributed by atoms with Crippen molar-refractivity contribution in [2.75, 3.05) is 7.11 Å². The fourth-order valence-corrected chi connectivity index (χ4v) is 4.18. The van der Waals surface area contributed by atoms with E-state index in [0.29, 0.717) is 24.0 Å². The van der Waals surface area contributed by atoms with Gasteiger partial charge in [0.15, 0.2) is 0 Å². The van der Waals surface area contributed by atoms with Crippen molar-refractivity contribution in [1.82, 2.24) is 16.0 Å². The zero-order chi connectivity index (χ0) is 26.4. The number of methoxy groups -OCH3 is 1. The highest BCUT2D eigenvalue weighted by Gasteiger charge is 2.42. The summed E-state index contributed by atoms with van der Waals surface area (Å²) in [6, 6.07) is 20.7. The fourth-order valence-electron chi connectivity index (χ4n) is 4.18. The topological polar surface area (TPSA) is 114 Å². The Morgan fingerprint density at radius 2 is 1.65 bits per heavy atom. The molecule has 0 unspecified atom stereocenters. The lowest BCUT2D eigenvalue weighted by Gasteiger charge is -2.18. The molecular weight excluding hydrogens is 470 g/mol. The zero-order valence-electron chi connectivity index (χ0n) is 20.7. The standard InChI is InChI=1S/C29H29N3O5/c1-19(22-13-7-10-20-8-3-5-11-23(20)22)31-26(34)24-12-6-4-9-21(24)18-30-27(35)28(36)32-29(16-17-29)15-14-25(33)37-2/h3-15,19H,16-18H2,1-2H3,(H,30,35)(H,31,34)(H,32,36)/b15-14+/t19-/m1/s1. The van der Waals surface area contributed by atoms with Gasteiger partial charge in [-0.25, -0.2) is 4.79 Å². The first-order valence-corrected chi connectivity index (χ1v) is 12.1. The van der Waals surface area contributed by atoms with Crippen molar-refractivity contribution in [3.8, 4) is 0 Å². The van der Waals surface area contributed by atoms with E-state index in [-0.39, 0.29) is 18.5 Å². The van der Waals surface area contributed by atoms with E-state index in [1.165, 1.54) is 13.2 Å². The largest absolute Gasteiger partial charge is 0.466 e. The first-order valence-electron chi connectivity index (χ1n) is 12.1. The molecule has 37 heavy (non-hydrogen) atoms. The highest BCUT2D eigenvalue weighted by Crippen LogP contribution is 2.36. The minimum absolute atomic E-state index is 0.00347. The van der Waals surface area contributed by atoms with E-state index in [9.17, 15) is 19.2 Å². The van der Waals surface area contributed by atoms with E-state index in [2.05, 4.69) is 20.7 Å². The van der Waals surface area contributed by atoms with E-state index in [4.69, 9.17) is 0 Å². The van der Waals surface area contributed by atoms with Crippen LogP contribution in [-0.2, 0) is 25.7 Å². The molecule has 0 aromatic heterocycles. The number of carbonyl (C=O) groups excluding carboxylic acids is 4. The number of rotatable bonds is 8. The molecule has 0 radical (unpaired) electrons. The zero-order valence-corrected chi connectivity index (χ0v) is 20.7. The second-order valence-electron chi connectivity index (χ2n) is 9.07. The lowest BCUT2D eigenvalue weighted by Crippen LogP contribution is -2.45. The molecule has 1 aliphatic rings. The summed E-state index contributed by atoms with van der Waals surface area (Å²) in [4.78, 5) is 49.3. The number of ether oxygens (including phenoxy) is 1. The van der Waals surface area contributed by atoms with Gasteiger partial charge in [0.25, 0.3) is 5.91 Å². The van der Waals surface area contributed by atoms with Crippen molar-refractivity contribution in [2.24, 2.45) is 0 Å². The van der Waals surface area contributed by atoms with E-state index >= 15 is 0 Å². The van der Waals surface area contributed by atoms with Crippen LogP contribution in [0.15, 0.2) is 78.9 Å². The van der Waals surface area contributed by atoms with E-state index < -0.39 is 23.3 Å². The highest BCUT2D eigenvalue weighted by atomic mass is 16.5. The Kier molecular flexibility index (Phi) is 7.67. The second kappa shape index (κ2) is 11.1. The number of fused-ring (bicyclic) bond motifs is 1. The molecule has 0 bridgehead atoms. The quantitative estimate of drug-likeness (QED) is 0.250. The first-order chi connectivity index (χ1) is 17.8. The maximum atomic E-state index is 13.2. The van der Waals surface area contributed by atoms with Crippen molar-refractivity contribution in [3.63, 3.8) is 0 Å². The van der Waals surface area contributed by atoms with Crippen LogP contribution in [-0.4, -0.2) is 36.3 Å². The molecule has 0 saturated heterocycles. The number of carbonyl (C=O) groups is 4. The van der Waals surface area contributed by atoms with Gasteiger partial charge in [0.05, 0.1) is 18.7 Å². The van der Waals surface area contributed by atoms with Crippen LogP contribution in [0.2, 0.25) is 0 Å². The third-order valence-electron chi connectivity index (χ3n) is 6.44.